The van der Waals surface area contributed by atoms with E-state index in [-0.39, 0.29) is 0 Å². The topological polar surface area (TPSA) is 35.8 Å². The van der Waals surface area contributed by atoms with E-state index in [0.717, 1.165) is 13.0 Å². The third-order valence-electron chi connectivity index (χ3n) is 2.51. The summed E-state index contributed by atoms with van der Waals surface area (Å²) >= 11 is 0. The van der Waals surface area contributed by atoms with Crippen LogP contribution in [0.25, 0.3) is 0 Å². The van der Waals surface area contributed by atoms with Crippen LogP contribution >= 0.6 is 0 Å². The molecule has 0 fully saturated rings. The van der Waals surface area contributed by atoms with Gasteiger partial charge >= 0.3 is 0 Å². The first-order chi connectivity index (χ1) is 7.26. The van der Waals surface area contributed by atoms with Gasteiger partial charge in [-0.05, 0) is 18.9 Å². The van der Waals surface area contributed by atoms with Crippen LogP contribution in [0.3, 0.4) is 0 Å². The number of nitriles is 1. The van der Waals surface area contributed by atoms with Crippen LogP contribution in [-0.4, -0.2) is 6.04 Å². The molecule has 0 aliphatic carbocycles. The van der Waals surface area contributed by atoms with Crippen LogP contribution in [-0.2, 0) is 6.54 Å². The smallest absolute Gasteiger partial charge is 0.0638 e. The average molecular weight is 202 g/mol. The molecule has 0 aliphatic rings. The summed E-state index contributed by atoms with van der Waals surface area (Å²) in [5, 5.41) is 12.0. The first-order valence-corrected chi connectivity index (χ1v) is 5.42. The third-order valence-corrected chi connectivity index (χ3v) is 2.51. The van der Waals surface area contributed by atoms with Gasteiger partial charge in [-0.2, -0.15) is 5.26 Å². The highest BCUT2D eigenvalue weighted by Gasteiger charge is 2.04. The van der Waals surface area contributed by atoms with Gasteiger partial charge in [0.2, 0.25) is 0 Å². The molecule has 2 nitrogen and oxygen atoms in total. The van der Waals surface area contributed by atoms with Gasteiger partial charge in [-0.25, -0.2) is 0 Å². The van der Waals surface area contributed by atoms with Crippen LogP contribution in [0.5, 0.6) is 0 Å². The Balaban J connectivity index is 2.46. The predicted molar refractivity (Wildman–Crippen MR) is 62.3 cm³/mol. The number of hydrogen-bond acceptors (Lipinski definition) is 2. The molecule has 1 N–H and O–H groups in total. The highest BCUT2D eigenvalue weighted by molar-refractivity contribution is 5.22. The molecule has 0 saturated heterocycles. The van der Waals surface area contributed by atoms with Gasteiger partial charge in [0, 0.05) is 12.6 Å². The second-order valence-corrected chi connectivity index (χ2v) is 3.84. The molecule has 1 aromatic carbocycles. The zero-order valence-corrected chi connectivity index (χ0v) is 9.46. The van der Waals surface area contributed by atoms with E-state index in [1.807, 2.05) is 0 Å². The summed E-state index contributed by atoms with van der Waals surface area (Å²) in [5.41, 5.74) is 2.56. The highest BCUT2D eigenvalue weighted by Crippen LogP contribution is 2.05. The zero-order chi connectivity index (χ0) is 11.1. The lowest BCUT2D eigenvalue weighted by Crippen LogP contribution is -2.27. The molecule has 0 heterocycles. The van der Waals surface area contributed by atoms with Gasteiger partial charge in [0.15, 0.2) is 0 Å². The van der Waals surface area contributed by atoms with Crippen molar-refractivity contribution in [3.8, 4) is 6.07 Å². The van der Waals surface area contributed by atoms with Crippen molar-refractivity contribution < 1.29 is 0 Å². The number of aryl methyl sites for hydroxylation is 1. The molecule has 0 amide bonds. The lowest BCUT2D eigenvalue weighted by Gasteiger charge is -2.13. The number of nitrogens with zero attached hydrogens (tertiary/aromatic N) is 1. The van der Waals surface area contributed by atoms with E-state index in [1.54, 1.807) is 0 Å². The highest BCUT2D eigenvalue weighted by atomic mass is 14.9. The predicted octanol–water partition coefficient (Wildman–Crippen LogP) is 2.78. The van der Waals surface area contributed by atoms with Gasteiger partial charge in [0.1, 0.15) is 0 Å². The maximum atomic E-state index is 8.62. The van der Waals surface area contributed by atoms with E-state index < -0.39 is 0 Å². The monoisotopic (exact) mass is 202 g/mol. The van der Waals surface area contributed by atoms with Crippen molar-refractivity contribution in [1.29, 1.82) is 5.26 Å². The second kappa shape index (κ2) is 6.21. The normalized spacial score (nSPS) is 12.1. The Morgan fingerprint density at radius 3 is 2.87 bits per heavy atom. The van der Waals surface area contributed by atoms with E-state index in [2.05, 4.69) is 49.5 Å². The van der Waals surface area contributed by atoms with Crippen molar-refractivity contribution in [2.45, 2.75) is 39.3 Å². The molecule has 0 spiro atoms. The Morgan fingerprint density at radius 1 is 1.47 bits per heavy atom. The number of nitrogens with one attached hydrogen (secondary N) is 1. The minimum atomic E-state index is 0.315. The summed E-state index contributed by atoms with van der Waals surface area (Å²) in [7, 11) is 0. The van der Waals surface area contributed by atoms with Crippen LogP contribution in [0.1, 0.15) is 30.9 Å². The van der Waals surface area contributed by atoms with Crippen LogP contribution in [0, 0.1) is 18.3 Å². The Bertz CT molecular complexity index is 339. The zero-order valence-electron chi connectivity index (χ0n) is 9.46. The Kier molecular flexibility index (Phi) is 4.86. The van der Waals surface area contributed by atoms with E-state index >= 15 is 0 Å². The summed E-state index contributed by atoms with van der Waals surface area (Å²) in [5.74, 6) is 0. The van der Waals surface area contributed by atoms with Crippen LogP contribution in [0.4, 0.5) is 0 Å². The minimum absolute atomic E-state index is 0.315. The lowest BCUT2D eigenvalue weighted by atomic mass is 10.1. The average Bonchev–Trinajstić information content (AvgIpc) is 2.24. The van der Waals surface area contributed by atoms with Crippen molar-refractivity contribution in [1.82, 2.24) is 5.32 Å². The van der Waals surface area contributed by atoms with Crippen molar-refractivity contribution >= 4 is 0 Å². The van der Waals surface area contributed by atoms with E-state index in [0.29, 0.717) is 12.5 Å². The summed E-state index contributed by atoms with van der Waals surface area (Å²) < 4.78 is 0. The van der Waals surface area contributed by atoms with E-state index in [1.165, 1.54) is 11.1 Å². The fourth-order valence-electron chi connectivity index (χ4n) is 1.56. The Hall–Kier alpha value is -1.33. The second-order valence-electron chi connectivity index (χ2n) is 3.84. The van der Waals surface area contributed by atoms with Crippen molar-refractivity contribution in [3.05, 3.63) is 35.4 Å². The first kappa shape index (κ1) is 11.7. The molecule has 1 atom stereocenters. The fourth-order valence-corrected chi connectivity index (χ4v) is 1.56. The van der Waals surface area contributed by atoms with Crippen molar-refractivity contribution in [2.24, 2.45) is 0 Å². The van der Waals surface area contributed by atoms with Crippen molar-refractivity contribution in [2.75, 3.05) is 0 Å². The van der Waals surface area contributed by atoms with Gasteiger partial charge < -0.3 is 5.32 Å². The maximum Gasteiger partial charge on any atom is 0.0638 e. The molecule has 0 aliphatic heterocycles. The molecular weight excluding hydrogens is 184 g/mol. The standard InChI is InChI=1S/C13H18N2/c1-3-13(7-8-14)15-10-12-6-4-5-11(2)9-12/h4-6,9,13,15H,3,7,10H2,1-2H3. The molecule has 0 aromatic heterocycles. The largest absolute Gasteiger partial charge is 0.309 e. The molecule has 0 saturated carbocycles. The molecule has 0 bridgehead atoms. The van der Waals surface area contributed by atoms with Gasteiger partial charge in [-0.1, -0.05) is 36.8 Å². The number of benzene rings is 1. The molecular formula is C13H18N2. The molecule has 1 aromatic rings. The van der Waals surface area contributed by atoms with Gasteiger partial charge in [-0.15, -0.1) is 0 Å². The molecule has 15 heavy (non-hydrogen) atoms. The molecule has 1 rings (SSSR count). The lowest BCUT2D eigenvalue weighted by molar-refractivity contribution is 0.505. The fraction of sp³-hybridized carbons (Fsp3) is 0.462. The third kappa shape index (κ3) is 4.14. The van der Waals surface area contributed by atoms with Crippen LogP contribution < -0.4 is 5.32 Å². The quantitative estimate of drug-likeness (QED) is 0.797. The molecule has 80 valence electrons. The number of hydrogen-bond donors (Lipinski definition) is 1. The van der Waals surface area contributed by atoms with E-state index in [4.69, 9.17) is 5.26 Å². The van der Waals surface area contributed by atoms with Crippen molar-refractivity contribution in [3.63, 3.8) is 0 Å². The molecule has 2 heteroatoms. The Morgan fingerprint density at radius 2 is 2.27 bits per heavy atom. The van der Waals surface area contributed by atoms with Crippen LogP contribution in [0.15, 0.2) is 24.3 Å². The molecule has 1 unspecified atom stereocenters. The summed E-state index contributed by atoms with van der Waals surface area (Å²) in [6.07, 6.45) is 1.59. The minimum Gasteiger partial charge on any atom is -0.309 e. The summed E-state index contributed by atoms with van der Waals surface area (Å²) in [4.78, 5) is 0. The first-order valence-electron chi connectivity index (χ1n) is 5.42. The number of rotatable bonds is 5. The van der Waals surface area contributed by atoms with E-state index in [9.17, 15) is 0 Å². The maximum absolute atomic E-state index is 8.62. The SMILES string of the molecule is CCC(CC#N)NCc1cccc(C)c1. The summed E-state index contributed by atoms with van der Waals surface area (Å²) in [6.45, 7) is 5.04. The molecule has 0 radical (unpaired) electrons. The van der Waals surface area contributed by atoms with Gasteiger partial charge in [0.05, 0.1) is 12.5 Å². The summed E-state index contributed by atoms with van der Waals surface area (Å²) in [6, 6.07) is 11.0. The van der Waals surface area contributed by atoms with Gasteiger partial charge in [-0.3, -0.25) is 0 Å². The van der Waals surface area contributed by atoms with Crippen LogP contribution in [0.2, 0.25) is 0 Å². The van der Waals surface area contributed by atoms with Gasteiger partial charge in [0.25, 0.3) is 0 Å². The Labute approximate surface area is 91.9 Å².